The zero-order valence-corrected chi connectivity index (χ0v) is 15.8. The number of nitrogens with one attached hydrogen (secondary N) is 1. The Labute approximate surface area is 168 Å². The molecule has 0 bridgehead atoms. The molecule has 156 valence electrons. The SMILES string of the molecule is CCn1cc(C(=O)O)c(=O)c2cc(F)c(-c3ccc4c(c3)CNC4)c(OC(F)F)c21. The Kier molecular flexibility index (Phi) is 4.98. The minimum atomic E-state index is -3.27. The summed E-state index contributed by atoms with van der Waals surface area (Å²) in [6.45, 7) is -0.264. The number of halogens is 3. The van der Waals surface area contributed by atoms with Crippen molar-refractivity contribution in [2.45, 2.75) is 33.2 Å². The number of ether oxygens (including phenoxy) is 1. The lowest BCUT2D eigenvalue weighted by Gasteiger charge is -2.19. The summed E-state index contributed by atoms with van der Waals surface area (Å²) < 4.78 is 47.8. The summed E-state index contributed by atoms with van der Waals surface area (Å²) in [6.07, 6.45) is 1.06. The molecule has 1 aromatic heterocycles. The Bertz CT molecular complexity index is 1240. The number of rotatable bonds is 5. The predicted molar refractivity (Wildman–Crippen MR) is 103 cm³/mol. The van der Waals surface area contributed by atoms with Gasteiger partial charge in [-0.2, -0.15) is 8.78 Å². The second-order valence-electron chi connectivity index (χ2n) is 6.89. The number of aromatic carboxylic acids is 1. The maximum Gasteiger partial charge on any atom is 0.387 e. The highest BCUT2D eigenvalue weighted by Gasteiger charge is 2.26. The Morgan fingerprint density at radius 2 is 2.00 bits per heavy atom. The number of aryl methyl sites for hydroxylation is 1. The van der Waals surface area contributed by atoms with Crippen molar-refractivity contribution >= 4 is 16.9 Å². The van der Waals surface area contributed by atoms with Crippen molar-refractivity contribution in [2.75, 3.05) is 0 Å². The van der Waals surface area contributed by atoms with E-state index < -0.39 is 35.1 Å². The van der Waals surface area contributed by atoms with Crippen molar-refractivity contribution in [3.8, 4) is 16.9 Å². The molecule has 30 heavy (non-hydrogen) atoms. The summed E-state index contributed by atoms with van der Waals surface area (Å²) in [5.74, 6) is -2.94. The highest BCUT2D eigenvalue weighted by Crippen LogP contribution is 2.40. The van der Waals surface area contributed by atoms with Crippen LogP contribution in [0.4, 0.5) is 13.2 Å². The Morgan fingerprint density at radius 1 is 1.27 bits per heavy atom. The average molecular weight is 418 g/mol. The number of fused-ring (bicyclic) bond motifs is 2. The third-order valence-electron chi connectivity index (χ3n) is 5.17. The van der Waals surface area contributed by atoms with Crippen LogP contribution in [0.3, 0.4) is 0 Å². The van der Waals surface area contributed by atoms with E-state index >= 15 is 4.39 Å². The molecule has 0 saturated heterocycles. The maximum absolute atomic E-state index is 15.2. The second kappa shape index (κ2) is 7.49. The lowest BCUT2D eigenvalue weighted by Crippen LogP contribution is -2.20. The third-order valence-corrected chi connectivity index (χ3v) is 5.17. The summed E-state index contributed by atoms with van der Waals surface area (Å²) in [4.78, 5) is 24.0. The molecule has 9 heteroatoms. The van der Waals surface area contributed by atoms with Crippen molar-refractivity contribution in [1.29, 1.82) is 0 Å². The van der Waals surface area contributed by atoms with E-state index in [4.69, 9.17) is 4.74 Å². The topological polar surface area (TPSA) is 80.6 Å². The first-order chi connectivity index (χ1) is 14.3. The van der Waals surface area contributed by atoms with Crippen molar-refractivity contribution < 1.29 is 27.8 Å². The Hall–Kier alpha value is -3.33. The molecular weight excluding hydrogens is 401 g/mol. The first kappa shape index (κ1) is 20.0. The van der Waals surface area contributed by atoms with Crippen LogP contribution in [0.5, 0.6) is 5.75 Å². The molecule has 3 aromatic rings. The lowest BCUT2D eigenvalue weighted by molar-refractivity contribution is -0.0487. The van der Waals surface area contributed by atoms with Crippen molar-refractivity contribution in [3.05, 3.63) is 63.2 Å². The monoisotopic (exact) mass is 418 g/mol. The number of carboxylic acid groups (broad SMARTS) is 1. The predicted octanol–water partition coefficient (Wildman–Crippen LogP) is 3.73. The van der Waals surface area contributed by atoms with Crippen molar-refractivity contribution in [1.82, 2.24) is 9.88 Å². The average Bonchev–Trinajstić information content (AvgIpc) is 3.16. The maximum atomic E-state index is 15.2. The molecule has 0 aliphatic carbocycles. The van der Waals surface area contributed by atoms with Gasteiger partial charge < -0.3 is 19.7 Å². The molecule has 2 N–H and O–H groups in total. The van der Waals surface area contributed by atoms with Gasteiger partial charge in [-0.25, -0.2) is 9.18 Å². The van der Waals surface area contributed by atoms with Crippen LogP contribution in [0.25, 0.3) is 22.0 Å². The summed E-state index contributed by atoms with van der Waals surface area (Å²) in [5.41, 5.74) is 0.417. The highest BCUT2D eigenvalue weighted by molar-refractivity contribution is 5.97. The van der Waals surface area contributed by atoms with Crippen LogP contribution in [0.2, 0.25) is 0 Å². The van der Waals surface area contributed by atoms with Crippen LogP contribution in [0.15, 0.2) is 35.3 Å². The fraction of sp³-hybridized carbons (Fsp3) is 0.238. The van der Waals surface area contributed by atoms with Gasteiger partial charge in [0.1, 0.15) is 11.4 Å². The largest absolute Gasteiger partial charge is 0.477 e. The number of carboxylic acids is 1. The van der Waals surface area contributed by atoms with E-state index in [9.17, 15) is 23.5 Å². The molecule has 2 heterocycles. The molecule has 0 fully saturated rings. The van der Waals surface area contributed by atoms with E-state index in [0.717, 1.165) is 23.4 Å². The van der Waals surface area contributed by atoms with Gasteiger partial charge in [0.05, 0.1) is 16.5 Å². The first-order valence-corrected chi connectivity index (χ1v) is 9.22. The van der Waals surface area contributed by atoms with Gasteiger partial charge in [0, 0.05) is 25.8 Å². The lowest BCUT2D eigenvalue weighted by atomic mass is 9.97. The van der Waals surface area contributed by atoms with Gasteiger partial charge >= 0.3 is 12.6 Å². The number of hydrogen-bond donors (Lipinski definition) is 2. The molecule has 2 aromatic carbocycles. The normalized spacial score (nSPS) is 13.1. The number of carbonyl (C=O) groups is 1. The number of pyridine rings is 1. The summed E-state index contributed by atoms with van der Waals surface area (Å²) in [5, 5.41) is 12.1. The van der Waals surface area contributed by atoms with Gasteiger partial charge in [-0.05, 0) is 35.7 Å². The molecule has 6 nitrogen and oxygen atoms in total. The number of benzene rings is 2. The summed E-state index contributed by atoms with van der Waals surface area (Å²) in [7, 11) is 0. The van der Waals surface area contributed by atoms with Crippen LogP contribution in [-0.2, 0) is 19.6 Å². The quantitative estimate of drug-likeness (QED) is 0.660. The van der Waals surface area contributed by atoms with Crippen LogP contribution in [0.1, 0.15) is 28.4 Å². The fourth-order valence-corrected chi connectivity index (χ4v) is 3.82. The smallest absolute Gasteiger partial charge is 0.387 e. The minimum absolute atomic E-state index is 0.0807. The molecule has 1 aliphatic rings. The van der Waals surface area contributed by atoms with E-state index in [-0.39, 0.29) is 23.0 Å². The molecule has 0 radical (unpaired) electrons. The standard InChI is InChI=1S/C21H17F3N2O4/c1-2-26-9-14(20(28)29)18(27)13-6-15(22)16(19(17(13)26)30-21(23)24)10-3-4-11-7-25-8-12(11)5-10/h3-6,9,21,25H,2,7-8H2,1H3,(H,28,29). The molecule has 0 saturated carbocycles. The number of hydrogen-bond acceptors (Lipinski definition) is 4. The van der Waals surface area contributed by atoms with E-state index in [2.05, 4.69) is 5.32 Å². The molecule has 1 aliphatic heterocycles. The molecular formula is C21H17F3N2O4. The van der Waals surface area contributed by atoms with Gasteiger partial charge in [0.2, 0.25) is 5.43 Å². The summed E-state index contributed by atoms with van der Waals surface area (Å²) in [6, 6.07) is 5.96. The van der Waals surface area contributed by atoms with E-state index in [1.165, 1.54) is 4.57 Å². The van der Waals surface area contributed by atoms with E-state index in [1.54, 1.807) is 25.1 Å². The van der Waals surface area contributed by atoms with Crippen molar-refractivity contribution in [2.24, 2.45) is 0 Å². The Morgan fingerprint density at radius 3 is 2.67 bits per heavy atom. The number of nitrogens with zero attached hydrogens (tertiary/aromatic N) is 1. The Balaban J connectivity index is 2.11. The van der Waals surface area contributed by atoms with Crippen LogP contribution in [0, 0.1) is 5.82 Å². The van der Waals surface area contributed by atoms with Crippen molar-refractivity contribution in [3.63, 3.8) is 0 Å². The second-order valence-corrected chi connectivity index (χ2v) is 6.89. The van der Waals surface area contributed by atoms with Gasteiger partial charge in [-0.1, -0.05) is 12.1 Å². The zero-order valence-electron chi connectivity index (χ0n) is 15.8. The minimum Gasteiger partial charge on any atom is -0.477 e. The van der Waals surface area contributed by atoms with Gasteiger partial charge in [0.15, 0.2) is 5.75 Å². The molecule has 0 unspecified atom stereocenters. The van der Waals surface area contributed by atoms with Crippen LogP contribution < -0.4 is 15.5 Å². The highest BCUT2D eigenvalue weighted by atomic mass is 19.3. The molecule has 0 atom stereocenters. The first-order valence-electron chi connectivity index (χ1n) is 9.22. The van der Waals surface area contributed by atoms with Gasteiger partial charge in [-0.15, -0.1) is 0 Å². The van der Waals surface area contributed by atoms with Gasteiger partial charge in [-0.3, -0.25) is 4.79 Å². The molecule has 0 spiro atoms. The summed E-state index contributed by atoms with van der Waals surface area (Å²) >= 11 is 0. The number of aromatic nitrogens is 1. The van der Waals surface area contributed by atoms with Crippen LogP contribution in [-0.4, -0.2) is 22.3 Å². The number of alkyl halides is 2. The van der Waals surface area contributed by atoms with Crippen LogP contribution >= 0.6 is 0 Å². The molecule has 0 amide bonds. The zero-order chi connectivity index (χ0) is 21.6. The fourth-order valence-electron chi connectivity index (χ4n) is 3.82. The van der Waals surface area contributed by atoms with E-state index in [1.807, 2.05) is 0 Å². The van der Waals surface area contributed by atoms with Gasteiger partial charge in [0.25, 0.3) is 0 Å². The third kappa shape index (κ3) is 3.21. The van der Waals surface area contributed by atoms with E-state index in [0.29, 0.717) is 18.7 Å². The molecule has 4 rings (SSSR count).